The molecule has 0 saturated heterocycles. The second-order valence-electron chi connectivity index (χ2n) is 6.82. The third-order valence-electron chi connectivity index (χ3n) is 5.19. The van der Waals surface area contributed by atoms with Crippen molar-refractivity contribution in [3.63, 3.8) is 0 Å². The molecule has 0 amide bonds. The molecular formula is C21H21ClN2O6S. The van der Waals surface area contributed by atoms with Crippen molar-refractivity contribution in [2.45, 2.75) is 23.8 Å². The largest absolute Gasteiger partial charge is 0.493 e. The van der Waals surface area contributed by atoms with Crippen molar-refractivity contribution >= 4 is 27.6 Å². The van der Waals surface area contributed by atoms with E-state index in [1.165, 1.54) is 43.8 Å². The smallest absolute Gasteiger partial charge is 0.307 e. The van der Waals surface area contributed by atoms with Gasteiger partial charge in [-0.2, -0.15) is 9.57 Å². The summed E-state index contributed by atoms with van der Waals surface area (Å²) in [5.41, 5.74) is 1.42. The molecule has 164 valence electrons. The van der Waals surface area contributed by atoms with Gasteiger partial charge in [-0.3, -0.25) is 4.79 Å². The number of hydrogen-bond donors (Lipinski definition) is 0. The summed E-state index contributed by atoms with van der Waals surface area (Å²) < 4.78 is 43.9. The fourth-order valence-corrected chi connectivity index (χ4v) is 5.69. The molecular weight excluding hydrogens is 444 g/mol. The van der Waals surface area contributed by atoms with Gasteiger partial charge in [-0.15, -0.1) is 0 Å². The maximum absolute atomic E-state index is 13.6. The SMILES string of the molecule is COC(=O)CC1c2cc(OC)c(OC)cc2CCN1S(=O)(=O)c1cc(Cl)ccc1C#N. The van der Waals surface area contributed by atoms with E-state index in [1.807, 2.05) is 6.07 Å². The summed E-state index contributed by atoms with van der Waals surface area (Å²) >= 11 is 6.02. The minimum atomic E-state index is -4.16. The number of benzene rings is 2. The number of hydrogen-bond acceptors (Lipinski definition) is 7. The van der Waals surface area contributed by atoms with Gasteiger partial charge in [-0.1, -0.05) is 11.6 Å². The van der Waals surface area contributed by atoms with Crippen LogP contribution in [0.25, 0.3) is 0 Å². The first-order chi connectivity index (χ1) is 14.8. The van der Waals surface area contributed by atoms with Crippen LogP contribution in [0.5, 0.6) is 11.5 Å². The Morgan fingerprint density at radius 2 is 1.87 bits per heavy atom. The normalized spacial score (nSPS) is 16.2. The molecule has 1 heterocycles. The predicted molar refractivity (Wildman–Crippen MR) is 113 cm³/mol. The number of halogens is 1. The monoisotopic (exact) mass is 464 g/mol. The fourth-order valence-electron chi connectivity index (χ4n) is 3.67. The lowest BCUT2D eigenvalue weighted by molar-refractivity contribution is -0.141. The summed E-state index contributed by atoms with van der Waals surface area (Å²) in [6, 6.07) is 8.55. The van der Waals surface area contributed by atoms with Crippen LogP contribution in [0.1, 0.15) is 29.2 Å². The third kappa shape index (κ3) is 4.32. The number of carbonyl (C=O) groups is 1. The van der Waals surface area contributed by atoms with Crippen LogP contribution >= 0.6 is 11.6 Å². The van der Waals surface area contributed by atoms with Gasteiger partial charge < -0.3 is 14.2 Å². The molecule has 1 unspecified atom stereocenters. The minimum absolute atomic E-state index is 0.0284. The van der Waals surface area contributed by atoms with Crippen molar-refractivity contribution in [3.05, 3.63) is 52.0 Å². The van der Waals surface area contributed by atoms with Crippen LogP contribution in [-0.4, -0.2) is 46.6 Å². The van der Waals surface area contributed by atoms with Gasteiger partial charge in [0.2, 0.25) is 10.0 Å². The standard InChI is InChI=1S/C21H21ClN2O6S/c1-28-18-8-13-6-7-24(17(11-21(25)30-3)16(13)10-19(18)29-2)31(26,27)20-9-15(22)5-4-14(20)12-23/h4-5,8-10,17H,6-7,11H2,1-3H3. The van der Waals surface area contributed by atoms with E-state index in [2.05, 4.69) is 0 Å². The quantitative estimate of drug-likeness (QED) is 0.604. The number of ether oxygens (including phenoxy) is 3. The lowest BCUT2D eigenvalue weighted by atomic mass is 9.91. The number of sulfonamides is 1. The van der Waals surface area contributed by atoms with Crippen LogP contribution in [0.2, 0.25) is 5.02 Å². The molecule has 0 saturated carbocycles. The highest BCUT2D eigenvalue weighted by Crippen LogP contribution is 2.42. The number of carbonyl (C=O) groups excluding carboxylic acids is 1. The number of rotatable bonds is 6. The van der Waals surface area contributed by atoms with Gasteiger partial charge in [0, 0.05) is 11.6 Å². The Bertz CT molecular complexity index is 1160. The Balaban J connectivity index is 2.18. The van der Waals surface area contributed by atoms with Gasteiger partial charge >= 0.3 is 5.97 Å². The average Bonchev–Trinajstić information content (AvgIpc) is 2.77. The Labute approximate surface area is 185 Å². The average molecular weight is 465 g/mol. The Morgan fingerprint density at radius 1 is 1.19 bits per heavy atom. The van der Waals surface area contributed by atoms with E-state index in [1.54, 1.807) is 12.1 Å². The van der Waals surface area contributed by atoms with Crippen molar-refractivity contribution in [2.24, 2.45) is 0 Å². The Kier molecular flexibility index (Phi) is 6.74. The molecule has 0 N–H and O–H groups in total. The van der Waals surface area contributed by atoms with Crippen LogP contribution in [0.15, 0.2) is 35.2 Å². The molecule has 0 spiro atoms. The first kappa shape index (κ1) is 22.9. The van der Waals surface area contributed by atoms with Gasteiger partial charge in [0.25, 0.3) is 0 Å². The van der Waals surface area contributed by atoms with E-state index in [0.717, 1.165) is 5.56 Å². The zero-order valence-electron chi connectivity index (χ0n) is 17.2. The van der Waals surface area contributed by atoms with Crippen molar-refractivity contribution in [2.75, 3.05) is 27.9 Å². The third-order valence-corrected chi connectivity index (χ3v) is 7.38. The summed E-state index contributed by atoms with van der Waals surface area (Å²) in [4.78, 5) is 12.0. The highest BCUT2D eigenvalue weighted by molar-refractivity contribution is 7.89. The summed E-state index contributed by atoms with van der Waals surface area (Å²) in [5.74, 6) is 0.353. The van der Waals surface area contributed by atoms with Crippen LogP contribution < -0.4 is 9.47 Å². The number of esters is 1. The van der Waals surface area contributed by atoms with Crippen molar-refractivity contribution < 1.29 is 27.4 Å². The molecule has 1 atom stereocenters. The molecule has 31 heavy (non-hydrogen) atoms. The van der Waals surface area contributed by atoms with Gasteiger partial charge in [-0.05, 0) is 47.9 Å². The molecule has 1 aliphatic rings. The molecule has 0 aromatic heterocycles. The lowest BCUT2D eigenvalue weighted by Gasteiger charge is -2.36. The molecule has 0 radical (unpaired) electrons. The Morgan fingerprint density at radius 3 is 2.48 bits per heavy atom. The van der Waals surface area contributed by atoms with Gasteiger partial charge in [0.1, 0.15) is 11.0 Å². The van der Waals surface area contributed by atoms with Crippen molar-refractivity contribution in [1.29, 1.82) is 5.26 Å². The number of nitriles is 1. The summed E-state index contributed by atoms with van der Waals surface area (Å²) in [6.07, 6.45) is 0.176. The molecule has 8 nitrogen and oxygen atoms in total. The van der Waals surface area contributed by atoms with E-state index in [-0.39, 0.29) is 28.4 Å². The Hall–Kier alpha value is -2.80. The van der Waals surface area contributed by atoms with E-state index in [9.17, 15) is 18.5 Å². The summed E-state index contributed by atoms with van der Waals surface area (Å²) in [5, 5.41) is 9.61. The van der Waals surface area contributed by atoms with Gasteiger partial charge in [0.05, 0.1) is 39.4 Å². The molecule has 2 aromatic carbocycles. The van der Waals surface area contributed by atoms with Crippen molar-refractivity contribution in [1.82, 2.24) is 4.31 Å². The maximum Gasteiger partial charge on any atom is 0.307 e. The van der Waals surface area contributed by atoms with Crippen LogP contribution in [0, 0.1) is 11.3 Å². The molecule has 3 rings (SSSR count). The molecule has 1 aliphatic heterocycles. The minimum Gasteiger partial charge on any atom is -0.493 e. The van der Waals surface area contributed by atoms with Crippen LogP contribution in [0.3, 0.4) is 0 Å². The molecule has 2 aromatic rings. The topological polar surface area (TPSA) is 106 Å². The second-order valence-corrected chi connectivity index (χ2v) is 9.12. The van der Waals surface area contributed by atoms with Crippen LogP contribution in [-0.2, 0) is 26.0 Å². The van der Waals surface area contributed by atoms with Gasteiger partial charge in [0.15, 0.2) is 11.5 Å². The zero-order valence-corrected chi connectivity index (χ0v) is 18.8. The van der Waals surface area contributed by atoms with Gasteiger partial charge in [-0.25, -0.2) is 8.42 Å². The van der Waals surface area contributed by atoms with Crippen molar-refractivity contribution in [3.8, 4) is 17.6 Å². The highest BCUT2D eigenvalue weighted by Gasteiger charge is 2.39. The highest BCUT2D eigenvalue weighted by atomic mass is 35.5. The number of fused-ring (bicyclic) bond motifs is 1. The van der Waals surface area contributed by atoms with Crippen LogP contribution in [0.4, 0.5) is 0 Å². The lowest BCUT2D eigenvalue weighted by Crippen LogP contribution is -2.41. The zero-order chi connectivity index (χ0) is 22.8. The maximum atomic E-state index is 13.6. The fraction of sp³-hybridized carbons (Fsp3) is 0.333. The first-order valence-electron chi connectivity index (χ1n) is 9.30. The second kappa shape index (κ2) is 9.14. The predicted octanol–water partition coefficient (Wildman–Crippen LogP) is 3.08. The molecule has 0 bridgehead atoms. The first-order valence-corrected chi connectivity index (χ1v) is 11.1. The van der Waals surface area contributed by atoms with E-state index < -0.39 is 22.0 Å². The van der Waals surface area contributed by atoms with E-state index in [0.29, 0.717) is 23.5 Å². The molecule has 0 fully saturated rings. The summed E-state index contributed by atoms with van der Waals surface area (Å²) in [7, 11) is 0.0651. The molecule has 0 aliphatic carbocycles. The number of methoxy groups -OCH3 is 3. The number of nitrogens with zero attached hydrogens (tertiary/aromatic N) is 2. The van der Waals surface area contributed by atoms with E-state index >= 15 is 0 Å². The molecule has 10 heteroatoms. The summed E-state index contributed by atoms with van der Waals surface area (Å²) in [6.45, 7) is 0.101. The van der Waals surface area contributed by atoms with E-state index in [4.69, 9.17) is 25.8 Å².